The van der Waals surface area contributed by atoms with Crippen LogP contribution in [-0.4, -0.2) is 23.1 Å². The van der Waals surface area contributed by atoms with Gasteiger partial charge < -0.3 is 10.6 Å². The molecule has 0 atom stereocenters. The number of thiocarbonyl (C=S) groups is 1. The van der Waals surface area contributed by atoms with Crippen molar-refractivity contribution in [1.82, 2.24) is 4.98 Å². The fraction of sp³-hybridized carbons (Fsp3) is 0.571. The highest BCUT2D eigenvalue weighted by molar-refractivity contribution is 7.80. The SMILES string of the molecule is NC(=S)c1ccc(N(CC2CC2)CC2CC2)cn1. The van der Waals surface area contributed by atoms with Crippen LogP contribution < -0.4 is 10.6 Å². The lowest BCUT2D eigenvalue weighted by Gasteiger charge is -2.24. The fourth-order valence-electron chi connectivity index (χ4n) is 2.23. The van der Waals surface area contributed by atoms with Crippen molar-refractivity contribution in [2.24, 2.45) is 17.6 Å². The first-order valence-corrected chi connectivity index (χ1v) is 7.14. The van der Waals surface area contributed by atoms with E-state index in [9.17, 15) is 0 Å². The van der Waals surface area contributed by atoms with Gasteiger partial charge in [-0.15, -0.1) is 0 Å². The zero-order chi connectivity index (χ0) is 12.5. The van der Waals surface area contributed by atoms with Gasteiger partial charge in [-0.1, -0.05) is 12.2 Å². The number of pyridine rings is 1. The molecule has 0 spiro atoms. The van der Waals surface area contributed by atoms with E-state index in [1.807, 2.05) is 12.3 Å². The van der Waals surface area contributed by atoms with Gasteiger partial charge in [0.1, 0.15) is 4.99 Å². The van der Waals surface area contributed by atoms with Crippen molar-refractivity contribution < 1.29 is 0 Å². The average molecular weight is 261 g/mol. The molecule has 2 saturated carbocycles. The van der Waals surface area contributed by atoms with E-state index in [2.05, 4.69) is 16.0 Å². The first kappa shape index (κ1) is 11.9. The Balaban J connectivity index is 1.72. The average Bonchev–Trinajstić information content (AvgIpc) is 3.23. The maximum absolute atomic E-state index is 5.58. The monoisotopic (exact) mass is 261 g/mol. The lowest BCUT2D eigenvalue weighted by atomic mass is 10.2. The number of aromatic nitrogens is 1. The minimum Gasteiger partial charge on any atom is -0.388 e. The smallest absolute Gasteiger partial charge is 0.122 e. The number of hydrogen-bond acceptors (Lipinski definition) is 3. The maximum atomic E-state index is 5.58. The van der Waals surface area contributed by atoms with E-state index < -0.39 is 0 Å². The molecule has 0 saturated heterocycles. The van der Waals surface area contributed by atoms with Crippen molar-refractivity contribution in [2.45, 2.75) is 25.7 Å². The molecule has 0 aromatic carbocycles. The second kappa shape index (κ2) is 4.84. The molecule has 2 N–H and O–H groups in total. The minimum atomic E-state index is 0.373. The van der Waals surface area contributed by atoms with Crippen LogP contribution in [0.4, 0.5) is 5.69 Å². The molecule has 1 heterocycles. The van der Waals surface area contributed by atoms with E-state index in [1.54, 1.807) is 0 Å². The van der Waals surface area contributed by atoms with Crippen LogP contribution in [0, 0.1) is 11.8 Å². The van der Waals surface area contributed by atoms with Gasteiger partial charge in [-0.05, 0) is 49.7 Å². The Hall–Kier alpha value is -1.16. The van der Waals surface area contributed by atoms with Crippen molar-refractivity contribution in [2.75, 3.05) is 18.0 Å². The molecule has 0 unspecified atom stereocenters. The van der Waals surface area contributed by atoms with E-state index in [4.69, 9.17) is 18.0 Å². The Morgan fingerprint density at radius 2 is 1.83 bits per heavy atom. The Morgan fingerprint density at radius 1 is 1.22 bits per heavy atom. The summed E-state index contributed by atoms with van der Waals surface area (Å²) in [6.07, 6.45) is 7.47. The highest BCUT2D eigenvalue weighted by Gasteiger charge is 2.29. The summed E-state index contributed by atoms with van der Waals surface area (Å²) in [5.74, 6) is 1.80. The Labute approximate surface area is 113 Å². The van der Waals surface area contributed by atoms with Crippen molar-refractivity contribution in [3.8, 4) is 0 Å². The highest BCUT2D eigenvalue weighted by atomic mass is 32.1. The number of hydrogen-bond donors (Lipinski definition) is 1. The van der Waals surface area contributed by atoms with Gasteiger partial charge in [0.25, 0.3) is 0 Å². The molecule has 4 heteroatoms. The minimum absolute atomic E-state index is 0.373. The number of nitrogens with zero attached hydrogens (tertiary/aromatic N) is 2. The van der Waals surface area contributed by atoms with Crippen molar-refractivity contribution in [1.29, 1.82) is 0 Å². The molecule has 2 aliphatic carbocycles. The molecule has 2 aliphatic rings. The van der Waals surface area contributed by atoms with Crippen LogP contribution in [0.5, 0.6) is 0 Å². The normalized spacial score (nSPS) is 18.7. The third-order valence-corrected chi connectivity index (χ3v) is 3.93. The zero-order valence-corrected chi connectivity index (χ0v) is 11.3. The molecule has 3 nitrogen and oxygen atoms in total. The van der Waals surface area contributed by atoms with Gasteiger partial charge in [-0.3, -0.25) is 4.98 Å². The quantitative estimate of drug-likeness (QED) is 0.798. The number of rotatable bonds is 6. The molecule has 96 valence electrons. The summed E-state index contributed by atoms with van der Waals surface area (Å²) in [7, 11) is 0. The predicted molar refractivity (Wildman–Crippen MR) is 77.8 cm³/mol. The van der Waals surface area contributed by atoms with E-state index >= 15 is 0 Å². The third kappa shape index (κ3) is 2.99. The summed E-state index contributed by atoms with van der Waals surface area (Å²) in [4.78, 5) is 7.21. The van der Waals surface area contributed by atoms with Crippen LogP contribution in [0.1, 0.15) is 31.4 Å². The summed E-state index contributed by atoms with van der Waals surface area (Å²) < 4.78 is 0. The Kier molecular flexibility index (Phi) is 3.20. The molecule has 0 radical (unpaired) electrons. The van der Waals surface area contributed by atoms with Gasteiger partial charge in [0.15, 0.2) is 0 Å². The summed E-state index contributed by atoms with van der Waals surface area (Å²) >= 11 is 4.93. The molecule has 0 aliphatic heterocycles. The van der Waals surface area contributed by atoms with Gasteiger partial charge in [0.05, 0.1) is 17.6 Å². The van der Waals surface area contributed by atoms with Gasteiger partial charge in [-0.2, -0.15) is 0 Å². The lowest BCUT2D eigenvalue weighted by Crippen LogP contribution is -2.28. The molecule has 1 aromatic rings. The van der Waals surface area contributed by atoms with Crippen molar-refractivity contribution in [3.05, 3.63) is 24.0 Å². The standard InChI is InChI=1S/C14H19N3S/c15-14(18)13-6-5-12(7-16-13)17(8-10-1-2-10)9-11-3-4-11/h5-7,10-11H,1-4,8-9H2,(H2,15,18). The van der Waals surface area contributed by atoms with E-state index in [1.165, 1.54) is 44.5 Å². The number of nitrogens with two attached hydrogens (primary N) is 1. The predicted octanol–water partition coefficient (Wildman–Crippen LogP) is 2.34. The molecule has 2 fully saturated rings. The summed E-state index contributed by atoms with van der Waals surface area (Å²) in [5, 5.41) is 0. The second-order valence-corrected chi connectivity index (χ2v) is 6.00. The van der Waals surface area contributed by atoms with Crippen LogP contribution in [0.2, 0.25) is 0 Å². The van der Waals surface area contributed by atoms with Crippen LogP contribution in [0.25, 0.3) is 0 Å². The topological polar surface area (TPSA) is 42.1 Å². The van der Waals surface area contributed by atoms with E-state index in [-0.39, 0.29) is 0 Å². The van der Waals surface area contributed by atoms with Crippen LogP contribution in [0.15, 0.2) is 18.3 Å². The molecular formula is C14H19N3S. The third-order valence-electron chi connectivity index (χ3n) is 3.72. The molecule has 18 heavy (non-hydrogen) atoms. The summed E-state index contributed by atoms with van der Waals surface area (Å²) in [6, 6.07) is 4.04. The van der Waals surface area contributed by atoms with Gasteiger partial charge in [0.2, 0.25) is 0 Å². The van der Waals surface area contributed by atoms with Crippen LogP contribution in [0.3, 0.4) is 0 Å². The second-order valence-electron chi connectivity index (χ2n) is 5.56. The first-order valence-electron chi connectivity index (χ1n) is 6.73. The van der Waals surface area contributed by atoms with Crippen molar-refractivity contribution in [3.63, 3.8) is 0 Å². The molecular weight excluding hydrogens is 242 g/mol. The molecule has 0 amide bonds. The zero-order valence-electron chi connectivity index (χ0n) is 10.5. The Bertz CT molecular complexity index is 421. The van der Waals surface area contributed by atoms with Gasteiger partial charge in [-0.25, -0.2) is 0 Å². The maximum Gasteiger partial charge on any atom is 0.122 e. The number of anilines is 1. The molecule has 3 rings (SSSR count). The van der Waals surface area contributed by atoms with Crippen LogP contribution >= 0.6 is 12.2 Å². The van der Waals surface area contributed by atoms with Gasteiger partial charge in [0, 0.05) is 13.1 Å². The van der Waals surface area contributed by atoms with Crippen LogP contribution in [-0.2, 0) is 0 Å². The van der Waals surface area contributed by atoms with E-state index in [0.717, 1.165) is 11.8 Å². The van der Waals surface area contributed by atoms with E-state index in [0.29, 0.717) is 10.7 Å². The van der Waals surface area contributed by atoms with Crippen molar-refractivity contribution >= 4 is 22.9 Å². The fourth-order valence-corrected chi connectivity index (χ4v) is 2.35. The largest absolute Gasteiger partial charge is 0.388 e. The summed E-state index contributed by atoms with van der Waals surface area (Å²) in [6.45, 7) is 2.37. The molecule has 0 bridgehead atoms. The summed E-state index contributed by atoms with van der Waals surface area (Å²) in [5.41, 5.74) is 7.51. The molecule has 1 aromatic heterocycles. The lowest BCUT2D eigenvalue weighted by molar-refractivity contribution is 0.678. The highest BCUT2D eigenvalue weighted by Crippen LogP contribution is 2.35. The Morgan fingerprint density at radius 3 is 2.22 bits per heavy atom. The van der Waals surface area contributed by atoms with Gasteiger partial charge >= 0.3 is 0 Å². The first-order chi connectivity index (χ1) is 8.72.